The summed E-state index contributed by atoms with van der Waals surface area (Å²) in [6, 6.07) is 0.358. The van der Waals surface area contributed by atoms with Crippen molar-refractivity contribution >= 4 is 0 Å². The lowest BCUT2D eigenvalue weighted by molar-refractivity contribution is 0.150. The number of nitrogens with zero attached hydrogens (tertiary/aromatic N) is 2. The molecule has 0 aromatic carbocycles. The second kappa shape index (κ2) is 5.69. The van der Waals surface area contributed by atoms with E-state index in [4.69, 9.17) is 5.73 Å². The predicted molar refractivity (Wildman–Crippen MR) is 61.4 cm³/mol. The lowest BCUT2D eigenvalue weighted by Gasteiger charge is -2.35. The Bertz CT molecular complexity index is 157. The molecule has 0 amide bonds. The molecule has 2 unspecified atom stereocenters. The van der Waals surface area contributed by atoms with E-state index in [-0.39, 0.29) is 0 Å². The molecule has 1 saturated heterocycles. The first-order chi connectivity index (χ1) is 6.59. The van der Waals surface area contributed by atoms with Crippen LogP contribution in [-0.4, -0.2) is 56.1 Å². The Balaban J connectivity index is 2.25. The number of hydrogen-bond acceptors (Lipinski definition) is 3. The van der Waals surface area contributed by atoms with Crippen LogP contribution in [0.1, 0.15) is 19.8 Å². The third-order valence-corrected chi connectivity index (χ3v) is 3.15. The third kappa shape index (κ3) is 3.95. The van der Waals surface area contributed by atoms with Gasteiger partial charge in [0.2, 0.25) is 0 Å². The molecule has 14 heavy (non-hydrogen) atoms. The molecule has 0 bridgehead atoms. The minimum atomic E-state index is 0.358. The van der Waals surface area contributed by atoms with Crippen molar-refractivity contribution in [1.29, 1.82) is 0 Å². The van der Waals surface area contributed by atoms with E-state index in [0.717, 1.165) is 6.54 Å². The fraction of sp³-hybridized carbons (Fsp3) is 1.00. The highest BCUT2D eigenvalue weighted by Crippen LogP contribution is 2.18. The lowest BCUT2D eigenvalue weighted by atomic mass is 9.92. The van der Waals surface area contributed by atoms with Crippen LogP contribution >= 0.6 is 0 Å². The molecule has 1 aliphatic rings. The van der Waals surface area contributed by atoms with Crippen molar-refractivity contribution in [2.75, 3.05) is 40.3 Å². The van der Waals surface area contributed by atoms with Gasteiger partial charge in [-0.25, -0.2) is 0 Å². The summed E-state index contributed by atoms with van der Waals surface area (Å²) in [5, 5.41) is 0. The number of likely N-dealkylation sites (N-methyl/N-ethyl adjacent to an activating group) is 1. The molecule has 0 spiro atoms. The summed E-state index contributed by atoms with van der Waals surface area (Å²) >= 11 is 0. The molecule has 0 aromatic heterocycles. The van der Waals surface area contributed by atoms with Crippen LogP contribution in [0.2, 0.25) is 0 Å². The van der Waals surface area contributed by atoms with Crippen LogP contribution in [0.25, 0.3) is 0 Å². The van der Waals surface area contributed by atoms with Crippen LogP contribution in [-0.2, 0) is 0 Å². The average molecular weight is 199 g/mol. The van der Waals surface area contributed by atoms with Gasteiger partial charge >= 0.3 is 0 Å². The summed E-state index contributed by atoms with van der Waals surface area (Å²) < 4.78 is 0. The molecular weight excluding hydrogens is 174 g/mol. The standard InChI is InChI=1S/C11H25N3/c1-10(12)11-5-4-6-14(9-11)8-7-13(2)3/h10-11H,4-9,12H2,1-3H3. The second-order valence-electron chi connectivity index (χ2n) is 4.87. The highest BCUT2D eigenvalue weighted by atomic mass is 15.2. The lowest BCUT2D eigenvalue weighted by Crippen LogP contribution is -2.44. The van der Waals surface area contributed by atoms with Gasteiger partial charge in [0.1, 0.15) is 0 Å². The maximum atomic E-state index is 5.95. The van der Waals surface area contributed by atoms with Gasteiger partial charge in [-0.1, -0.05) is 0 Å². The Kier molecular flexibility index (Phi) is 4.85. The van der Waals surface area contributed by atoms with E-state index in [2.05, 4.69) is 30.8 Å². The summed E-state index contributed by atoms with van der Waals surface area (Å²) in [4.78, 5) is 4.80. The van der Waals surface area contributed by atoms with Crippen LogP contribution in [0.15, 0.2) is 0 Å². The molecule has 84 valence electrons. The van der Waals surface area contributed by atoms with Gasteiger partial charge in [0.05, 0.1) is 0 Å². The Hall–Kier alpha value is -0.120. The van der Waals surface area contributed by atoms with Crippen LogP contribution in [0.5, 0.6) is 0 Å². The number of likely N-dealkylation sites (tertiary alicyclic amines) is 1. The van der Waals surface area contributed by atoms with Gasteiger partial charge in [-0.2, -0.15) is 0 Å². The summed E-state index contributed by atoms with van der Waals surface area (Å²) in [6.45, 7) is 6.95. The molecule has 1 aliphatic heterocycles. The van der Waals surface area contributed by atoms with Gasteiger partial charge in [0.25, 0.3) is 0 Å². The summed E-state index contributed by atoms with van der Waals surface area (Å²) in [7, 11) is 4.26. The Morgan fingerprint density at radius 3 is 2.79 bits per heavy atom. The molecule has 0 radical (unpaired) electrons. The zero-order valence-electron chi connectivity index (χ0n) is 9.87. The Morgan fingerprint density at radius 1 is 1.50 bits per heavy atom. The van der Waals surface area contributed by atoms with Crippen LogP contribution in [0.4, 0.5) is 0 Å². The van der Waals surface area contributed by atoms with Crippen LogP contribution in [0, 0.1) is 5.92 Å². The number of piperidine rings is 1. The molecule has 2 atom stereocenters. The third-order valence-electron chi connectivity index (χ3n) is 3.15. The van der Waals surface area contributed by atoms with E-state index in [9.17, 15) is 0 Å². The summed E-state index contributed by atoms with van der Waals surface area (Å²) in [5.41, 5.74) is 5.95. The predicted octanol–water partition coefficient (Wildman–Crippen LogP) is 0.607. The van der Waals surface area contributed by atoms with Gasteiger partial charge < -0.3 is 15.5 Å². The van der Waals surface area contributed by atoms with Crippen molar-refractivity contribution in [3.63, 3.8) is 0 Å². The molecule has 3 nitrogen and oxygen atoms in total. The van der Waals surface area contributed by atoms with Crippen molar-refractivity contribution < 1.29 is 0 Å². The van der Waals surface area contributed by atoms with Gasteiger partial charge in [-0.3, -0.25) is 0 Å². The topological polar surface area (TPSA) is 32.5 Å². The highest BCUT2D eigenvalue weighted by Gasteiger charge is 2.22. The average Bonchev–Trinajstić information content (AvgIpc) is 2.15. The van der Waals surface area contributed by atoms with Crippen molar-refractivity contribution in [2.45, 2.75) is 25.8 Å². The molecule has 2 N–H and O–H groups in total. The number of nitrogens with two attached hydrogens (primary N) is 1. The minimum Gasteiger partial charge on any atom is -0.328 e. The largest absolute Gasteiger partial charge is 0.328 e. The maximum absolute atomic E-state index is 5.95. The summed E-state index contributed by atoms with van der Waals surface area (Å²) in [6.07, 6.45) is 2.63. The van der Waals surface area contributed by atoms with Crippen LogP contribution < -0.4 is 5.73 Å². The number of hydrogen-bond donors (Lipinski definition) is 1. The zero-order chi connectivity index (χ0) is 10.6. The van der Waals surface area contributed by atoms with E-state index in [1.165, 1.54) is 32.5 Å². The zero-order valence-corrected chi connectivity index (χ0v) is 9.87. The summed E-state index contributed by atoms with van der Waals surface area (Å²) in [5.74, 6) is 0.714. The molecule has 0 aliphatic carbocycles. The first kappa shape index (κ1) is 12.0. The second-order valence-corrected chi connectivity index (χ2v) is 4.87. The Morgan fingerprint density at radius 2 is 2.21 bits per heavy atom. The highest BCUT2D eigenvalue weighted by molar-refractivity contribution is 4.78. The molecule has 0 aromatic rings. The fourth-order valence-electron chi connectivity index (χ4n) is 2.06. The minimum absolute atomic E-state index is 0.358. The van der Waals surface area contributed by atoms with E-state index in [1.54, 1.807) is 0 Å². The molecule has 1 rings (SSSR count). The van der Waals surface area contributed by atoms with E-state index in [1.807, 2.05) is 0 Å². The van der Waals surface area contributed by atoms with Crippen molar-refractivity contribution in [3.8, 4) is 0 Å². The number of rotatable bonds is 4. The quantitative estimate of drug-likeness (QED) is 0.720. The van der Waals surface area contributed by atoms with Crippen molar-refractivity contribution in [2.24, 2.45) is 11.7 Å². The van der Waals surface area contributed by atoms with Gasteiger partial charge in [-0.15, -0.1) is 0 Å². The first-order valence-corrected chi connectivity index (χ1v) is 5.72. The molecule has 0 saturated carbocycles. The van der Waals surface area contributed by atoms with Crippen molar-refractivity contribution in [1.82, 2.24) is 9.80 Å². The van der Waals surface area contributed by atoms with E-state index in [0.29, 0.717) is 12.0 Å². The smallest absolute Gasteiger partial charge is 0.0109 e. The van der Waals surface area contributed by atoms with E-state index < -0.39 is 0 Å². The molecule has 3 heteroatoms. The monoisotopic (exact) mass is 199 g/mol. The Labute approximate surface area is 88.2 Å². The van der Waals surface area contributed by atoms with Gasteiger partial charge in [0, 0.05) is 25.7 Å². The normalized spacial score (nSPS) is 26.8. The maximum Gasteiger partial charge on any atom is 0.0109 e. The van der Waals surface area contributed by atoms with E-state index >= 15 is 0 Å². The fourth-order valence-corrected chi connectivity index (χ4v) is 2.06. The first-order valence-electron chi connectivity index (χ1n) is 5.72. The van der Waals surface area contributed by atoms with Gasteiger partial charge in [0.15, 0.2) is 0 Å². The molecule has 1 heterocycles. The van der Waals surface area contributed by atoms with Crippen molar-refractivity contribution in [3.05, 3.63) is 0 Å². The van der Waals surface area contributed by atoms with Gasteiger partial charge in [-0.05, 0) is 46.3 Å². The molecule has 1 fully saturated rings. The van der Waals surface area contributed by atoms with Crippen LogP contribution in [0.3, 0.4) is 0 Å². The molecular formula is C11H25N3. The SMILES string of the molecule is CC(N)C1CCCN(CCN(C)C)C1.